The highest BCUT2D eigenvalue weighted by Gasteiger charge is 2.27. The lowest BCUT2D eigenvalue weighted by molar-refractivity contribution is -0.151. The highest BCUT2D eigenvalue weighted by Crippen LogP contribution is 2.25. The van der Waals surface area contributed by atoms with E-state index < -0.39 is 0 Å². The first-order chi connectivity index (χ1) is 8.04. The van der Waals surface area contributed by atoms with Crippen molar-refractivity contribution in [2.24, 2.45) is 5.41 Å². The van der Waals surface area contributed by atoms with E-state index in [1.54, 1.807) is 0 Å². The highest BCUT2D eigenvalue weighted by molar-refractivity contribution is 5.75. The molecule has 0 fully saturated rings. The molecule has 2 heteroatoms. The van der Waals surface area contributed by atoms with Gasteiger partial charge in [0.05, 0.1) is 12.5 Å². The standard InChI is InChI=1S/C15H28O2/c1-5-6-7-8-9-10-11-12-13-15(2,3)14(16)17-4/h5H,1,6-13H2,2-4H3. The van der Waals surface area contributed by atoms with Crippen LogP contribution in [0, 0.1) is 5.41 Å². The van der Waals surface area contributed by atoms with Crippen molar-refractivity contribution in [2.75, 3.05) is 7.11 Å². The van der Waals surface area contributed by atoms with Crippen molar-refractivity contribution < 1.29 is 9.53 Å². The van der Waals surface area contributed by atoms with Gasteiger partial charge in [0, 0.05) is 0 Å². The number of hydrogen-bond donors (Lipinski definition) is 0. The fourth-order valence-electron chi connectivity index (χ4n) is 1.94. The third-order valence-electron chi connectivity index (χ3n) is 3.20. The van der Waals surface area contributed by atoms with E-state index in [2.05, 4.69) is 6.58 Å². The summed E-state index contributed by atoms with van der Waals surface area (Å²) >= 11 is 0. The lowest BCUT2D eigenvalue weighted by atomic mass is 9.87. The molecule has 17 heavy (non-hydrogen) atoms. The third-order valence-corrected chi connectivity index (χ3v) is 3.20. The molecular formula is C15H28O2. The molecule has 0 aromatic rings. The van der Waals surface area contributed by atoms with Gasteiger partial charge in [-0.2, -0.15) is 0 Å². The van der Waals surface area contributed by atoms with Crippen molar-refractivity contribution in [3.8, 4) is 0 Å². The van der Waals surface area contributed by atoms with Gasteiger partial charge in [-0.1, -0.05) is 38.2 Å². The Morgan fingerprint density at radius 3 is 2.18 bits per heavy atom. The average molecular weight is 240 g/mol. The molecule has 0 amide bonds. The van der Waals surface area contributed by atoms with Gasteiger partial charge in [-0.25, -0.2) is 0 Å². The van der Waals surface area contributed by atoms with Crippen LogP contribution in [-0.4, -0.2) is 13.1 Å². The van der Waals surface area contributed by atoms with Crippen molar-refractivity contribution in [3.63, 3.8) is 0 Å². The molecule has 0 bridgehead atoms. The molecule has 0 unspecified atom stereocenters. The molecule has 0 N–H and O–H groups in total. The minimum Gasteiger partial charge on any atom is -0.469 e. The lowest BCUT2D eigenvalue weighted by Crippen LogP contribution is -2.25. The first kappa shape index (κ1) is 16.2. The molecule has 0 aromatic heterocycles. The van der Waals surface area contributed by atoms with E-state index in [1.165, 1.54) is 39.2 Å². The SMILES string of the molecule is C=CCCCCCCCCC(C)(C)C(=O)OC. The predicted octanol–water partition coefficient (Wildman–Crippen LogP) is 4.49. The first-order valence-corrected chi connectivity index (χ1v) is 6.74. The van der Waals surface area contributed by atoms with Gasteiger partial charge in [-0.05, 0) is 33.1 Å². The van der Waals surface area contributed by atoms with Crippen molar-refractivity contribution in [1.82, 2.24) is 0 Å². The van der Waals surface area contributed by atoms with Crippen LogP contribution in [0.2, 0.25) is 0 Å². The normalized spacial score (nSPS) is 11.2. The van der Waals surface area contributed by atoms with E-state index in [-0.39, 0.29) is 11.4 Å². The number of hydrogen-bond acceptors (Lipinski definition) is 2. The third kappa shape index (κ3) is 8.00. The molecule has 0 rings (SSSR count). The molecule has 0 saturated heterocycles. The van der Waals surface area contributed by atoms with Gasteiger partial charge >= 0.3 is 5.97 Å². The molecule has 0 aliphatic rings. The summed E-state index contributed by atoms with van der Waals surface area (Å²) < 4.78 is 4.79. The minimum atomic E-state index is -0.322. The maximum atomic E-state index is 11.4. The van der Waals surface area contributed by atoms with Crippen molar-refractivity contribution in [3.05, 3.63) is 12.7 Å². The molecular weight excluding hydrogens is 212 g/mol. The molecule has 100 valence electrons. The fourth-order valence-corrected chi connectivity index (χ4v) is 1.94. The van der Waals surface area contributed by atoms with E-state index in [0.29, 0.717) is 0 Å². The summed E-state index contributed by atoms with van der Waals surface area (Å²) in [6.07, 6.45) is 11.5. The Kier molecular flexibility index (Phi) is 8.83. The number of ether oxygens (including phenoxy) is 1. The van der Waals surface area contributed by atoms with E-state index in [0.717, 1.165) is 19.3 Å². The number of allylic oxidation sites excluding steroid dienone is 1. The Morgan fingerprint density at radius 2 is 1.65 bits per heavy atom. The van der Waals surface area contributed by atoms with Crippen LogP contribution in [0.4, 0.5) is 0 Å². The number of esters is 1. The van der Waals surface area contributed by atoms with E-state index >= 15 is 0 Å². The van der Waals surface area contributed by atoms with Crippen LogP contribution in [0.1, 0.15) is 65.2 Å². The van der Waals surface area contributed by atoms with Gasteiger partial charge in [0.2, 0.25) is 0 Å². The lowest BCUT2D eigenvalue weighted by Gasteiger charge is -2.20. The van der Waals surface area contributed by atoms with Crippen LogP contribution in [0.5, 0.6) is 0 Å². The molecule has 0 radical (unpaired) electrons. The summed E-state index contributed by atoms with van der Waals surface area (Å²) in [5.74, 6) is -0.0940. The largest absolute Gasteiger partial charge is 0.469 e. The second kappa shape index (κ2) is 9.26. The number of carbonyl (C=O) groups excluding carboxylic acids is 1. The van der Waals surface area contributed by atoms with Gasteiger partial charge in [0.25, 0.3) is 0 Å². The summed E-state index contributed by atoms with van der Waals surface area (Å²) in [5.41, 5.74) is -0.322. The zero-order valence-corrected chi connectivity index (χ0v) is 11.8. The summed E-state index contributed by atoms with van der Waals surface area (Å²) in [6.45, 7) is 7.64. The van der Waals surface area contributed by atoms with E-state index in [1.807, 2.05) is 19.9 Å². The molecule has 0 heterocycles. The molecule has 0 saturated carbocycles. The summed E-state index contributed by atoms with van der Waals surface area (Å²) in [6, 6.07) is 0. The smallest absolute Gasteiger partial charge is 0.311 e. The molecule has 2 nitrogen and oxygen atoms in total. The van der Waals surface area contributed by atoms with Crippen molar-refractivity contribution in [1.29, 1.82) is 0 Å². The van der Waals surface area contributed by atoms with Crippen molar-refractivity contribution >= 4 is 5.97 Å². The number of carbonyl (C=O) groups is 1. The number of methoxy groups -OCH3 is 1. The topological polar surface area (TPSA) is 26.3 Å². The minimum absolute atomic E-state index is 0.0940. The molecule has 0 aromatic carbocycles. The Labute approximate surface area is 106 Å². The monoisotopic (exact) mass is 240 g/mol. The fraction of sp³-hybridized carbons (Fsp3) is 0.800. The molecule has 0 aliphatic heterocycles. The van der Waals surface area contributed by atoms with Crippen molar-refractivity contribution in [2.45, 2.75) is 65.2 Å². The Morgan fingerprint density at radius 1 is 1.12 bits per heavy atom. The van der Waals surface area contributed by atoms with Crippen LogP contribution in [-0.2, 0) is 9.53 Å². The summed E-state index contributed by atoms with van der Waals surface area (Å²) in [5, 5.41) is 0. The predicted molar refractivity (Wildman–Crippen MR) is 72.9 cm³/mol. The molecule has 0 atom stereocenters. The van der Waals surface area contributed by atoms with Crippen LogP contribution >= 0.6 is 0 Å². The maximum absolute atomic E-state index is 11.4. The number of unbranched alkanes of at least 4 members (excludes halogenated alkanes) is 6. The summed E-state index contributed by atoms with van der Waals surface area (Å²) in [7, 11) is 1.46. The van der Waals surface area contributed by atoms with Crippen LogP contribution in [0.25, 0.3) is 0 Å². The number of rotatable bonds is 10. The van der Waals surface area contributed by atoms with E-state index in [9.17, 15) is 4.79 Å². The maximum Gasteiger partial charge on any atom is 0.311 e. The Balaban J connectivity index is 3.44. The van der Waals surface area contributed by atoms with Gasteiger partial charge in [-0.3, -0.25) is 4.79 Å². The average Bonchev–Trinajstić information content (AvgIpc) is 2.31. The quantitative estimate of drug-likeness (QED) is 0.319. The first-order valence-electron chi connectivity index (χ1n) is 6.74. The molecule has 0 aliphatic carbocycles. The van der Waals surface area contributed by atoms with Crippen LogP contribution in [0.15, 0.2) is 12.7 Å². The zero-order valence-electron chi connectivity index (χ0n) is 11.8. The molecule has 0 spiro atoms. The Hall–Kier alpha value is -0.790. The second-order valence-electron chi connectivity index (χ2n) is 5.32. The van der Waals surface area contributed by atoms with Gasteiger partial charge in [0.15, 0.2) is 0 Å². The zero-order chi connectivity index (χ0) is 13.1. The second-order valence-corrected chi connectivity index (χ2v) is 5.32. The van der Waals surface area contributed by atoms with Gasteiger partial charge < -0.3 is 4.74 Å². The Bertz CT molecular complexity index is 219. The van der Waals surface area contributed by atoms with Gasteiger partial charge in [-0.15, -0.1) is 6.58 Å². The highest BCUT2D eigenvalue weighted by atomic mass is 16.5. The van der Waals surface area contributed by atoms with Gasteiger partial charge in [0.1, 0.15) is 0 Å². The van der Waals surface area contributed by atoms with Crippen LogP contribution < -0.4 is 0 Å². The van der Waals surface area contributed by atoms with Crippen LogP contribution in [0.3, 0.4) is 0 Å². The summed E-state index contributed by atoms with van der Waals surface area (Å²) in [4.78, 5) is 11.4. The van der Waals surface area contributed by atoms with E-state index in [4.69, 9.17) is 4.74 Å².